The molecule has 0 aliphatic carbocycles. The number of hydrogen-bond donors (Lipinski definition) is 3. The van der Waals surface area contributed by atoms with Crippen molar-refractivity contribution in [2.24, 2.45) is 0 Å². The van der Waals surface area contributed by atoms with Gasteiger partial charge in [0.25, 0.3) is 0 Å². The van der Waals surface area contributed by atoms with E-state index in [1.165, 1.54) is 18.9 Å². The number of para-hydroxylation sites is 1. The molecule has 0 atom stereocenters. The van der Waals surface area contributed by atoms with E-state index in [-0.39, 0.29) is 24.5 Å². The van der Waals surface area contributed by atoms with Crippen molar-refractivity contribution in [1.29, 1.82) is 0 Å². The predicted molar refractivity (Wildman–Crippen MR) is 72.7 cm³/mol. The molecule has 0 saturated carbocycles. The highest BCUT2D eigenvalue weighted by molar-refractivity contribution is 5.97. The maximum atomic E-state index is 11.3. The quantitative estimate of drug-likeness (QED) is 0.552. The zero-order valence-electron chi connectivity index (χ0n) is 10.8. The standard InChI is InChI=1S/C9H12N2O3.C4H8O/c10-7-3-1-2-6(8(7)11)9(13)14-5-4-12;1-2-4-5-3-1/h1-3,12H,4-5,10-11H2;1-4H2. The number of anilines is 2. The summed E-state index contributed by atoms with van der Waals surface area (Å²) in [5, 5.41) is 8.45. The maximum absolute atomic E-state index is 11.3. The van der Waals surface area contributed by atoms with Gasteiger partial charge in [0.1, 0.15) is 6.61 Å². The SMILES string of the molecule is C1CCOC1.Nc1cccc(C(=O)OCCO)c1N. The number of rotatable bonds is 3. The topological polar surface area (TPSA) is 108 Å². The molecule has 1 aliphatic heterocycles. The van der Waals surface area contributed by atoms with Crippen molar-refractivity contribution in [3.63, 3.8) is 0 Å². The van der Waals surface area contributed by atoms with Crippen LogP contribution in [0.5, 0.6) is 0 Å². The molecule has 6 heteroatoms. The highest BCUT2D eigenvalue weighted by Crippen LogP contribution is 2.19. The van der Waals surface area contributed by atoms with Crippen LogP contribution >= 0.6 is 0 Å². The monoisotopic (exact) mass is 268 g/mol. The highest BCUT2D eigenvalue weighted by atomic mass is 16.5. The minimum Gasteiger partial charge on any atom is -0.460 e. The molecule has 0 bridgehead atoms. The molecule has 1 aromatic carbocycles. The van der Waals surface area contributed by atoms with Gasteiger partial charge in [-0.15, -0.1) is 0 Å². The van der Waals surface area contributed by atoms with Crippen molar-refractivity contribution >= 4 is 17.3 Å². The molecule has 0 spiro atoms. The molecule has 1 heterocycles. The molecule has 2 rings (SSSR count). The van der Waals surface area contributed by atoms with Crippen LogP contribution in [0.15, 0.2) is 18.2 Å². The molecule has 1 saturated heterocycles. The van der Waals surface area contributed by atoms with E-state index in [9.17, 15) is 4.79 Å². The molecule has 0 radical (unpaired) electrons. The van der Waals surface area contributed by atoms with Crippen LogP contribution in [0.25, 0.3) is 0 Å². The van der Waals surface area contributed by atoms with Crippen molar-refractivity contribution in [2.45, 2.75) is 12.8 Å². The van der Waals surface area contributed by atoms with Gasteiger partial charge in [0.2, 0.25) is 0 Å². The summed E-state index contributed by atoms with van der Waals surface area (Å²) in [4.78, 5) is 11.3. The Balaban J connectivity index is 0.000000300. The van der Waals surface area contributed by atoms with E-state index in [2.05, 4.69) is 4.74 Å². The van der Waals surface area contributed by atoms with Crippen LogP contribution in [-0.2, 0) is 9.47 Å². The molecule has 6 nitrogen and oxygen atoms in total. The van der Waals surface area contributed by atoms with E-state index < -0.39 is 5.97 Å². The highest BCUT2D eigenvalue weighted by Gasteiger charge is 2.11. The van der Waals surface area contributed by atoms with Crippen LogP contribution in [0.1, 0.15) is 23.2 Å². The Morgan fingerprint density at radius 3 is 2.53 bits per heavy atom. The fraction of sp³-hybridized carbons (Fsp3) is 0.462. The molecule has 0 aromatic heterocycles. The lowest BCUT2D eigenvalue weighted by Crippen LogP contribution is -2.11. The van der Waals surface area contributed by atoms with Crippen LogP contribution < -0.4 is 11.5 Å². The van der Waals surface area contributed by atoms with E-state index in [0.29, 0.717) is 5.69 Å². The van der Waals surface area contributed by atoms with E-state index in [0.717, 1.165) is 13.2 Å². The Morgan fingerprint density at radius 1 is 1.32 bits per heavy atom. The summed E-state index contributed by atoms with van der Waals surface area (Å²) in [6.07, 6.45) is 2.56. The largest absolute Gasteiger partial charge is 0.460 e. The number of carbonyl (C=O) groups is 1. The minimum atomic E-state index is -0.580. The van der Waals surface area contributed by atoms with Gasteiger partial charge >= 0.3 is 5.97 Å². The second-order valence-electron chi connectivity index (χ2n) is 3.99. The van der Waals surface area contributed by atoms with Gasteiger partial charge in [-0.25, -0.2) is 4.79 Å². The summed E-state index contributed by atoms with van der Waals surface area (Å²) in [5.74, 6) is -0.580. The first-order valence-electron chi connectivity index (χ1n) is 6.16. The third kappa shape index (κ3) is 5.15. The second kappa shape index (κ2) is 8.34. The number of benzene rings is 1. The average molecular weight is 268 g/mol. The molecule has 1 aliphatic rings. The summed E-state index contributed by atoms with van der Waals surface area (Å²) in [6, 6.07) is 4.73. The lowest BCUT2D eigenvalue weighted by molar-refractivity contribution is 0.0435. The molecular weight excluding hydrogens is 248 g/mol. The Labute approximate surface area is 112 Å². The van der Waals surface area contributed by atoms with E-state index in [1.807, 2.05) is 0 Å². The number of hydrogen-bond acceptors (Lipinski definition) is 6. The zero-order chi connectivity index (χ0) is 14.1. The summed E-state index contributed by atoms with van der Waals surface area (Å²) in [5.41, 5.74) is 11.8. The van der Waals surface area contributed by atoms with Gasteiger partial charge in [-0.1, -0.05) is 6.07 Å². The Bertz CT molecular complexity index is 398. The normalized spacial score (nSPS) is 13.5. The predicted octanol–water partition coefficient (Wildman–Crippen LogP) is 0.797. The summed E-state index contributed by atoms with van der Waals surface area (Å²) >= 11 is 0. The van der Waals surface area contributed by atoms with Crippen molar-refractivity contribution in [2.75, 3.05) is 37.9 Å². The molecular formula is C13H20N2O4. The molecule has 0 unspecified atom stereocenters. The summed E-state index contributed by atoms with van der Waals surface area (Å²) in [6.45, 7) is 1.74. The van der Waals surface area contributed by atoms with Crippen molar-refractivity contribution in [3.05, 3.63) is 23.8 Å². The Hall–Kier alpha value is -1.79. The number of ether oxygens (including phenoxy) is 2. The van der Waals surface area contributed by atoms with Crippen LogP contribution in [0.4, 0.5) is 11.4 Å². The Morgan fingerprint density at radius 2 is 2.00 bits per heavy atom. The molecule has 106 valence electrons. The number of aliphatic hydroxyl groups is 1. The summed E-state index contributed by atoms with van der Waals surface area (Å²) < 4.78 is 9.63. The van der Waals surface area contributed by atoms with Crippen LogP contribution in [-0.4, -0.2) is 37.5 Å². The zero-order valence-corrected chi connectivity index (χ0v) is 10.8. The van der Waals surface area contributed by atoms with Crippen LogP contribution in [0, 0.1) is 0 Å². The van der Waals surface area contributed by atoms with Gasteiger partial charge in [-0.2, -0.15) is 0 Å². The van der Waals surface area contributed by atoms with Crippen LogP contribution in [0.3, 0.4) is 0 Å². The van der Waals surface area contributed by atoms with E-state index in [4.69, 9.17) is 21.3 Å². The van der Waals surface area contributed by atoms with Gasteiger partial charge in [0.15, 0.2) is 0 Å². The lowest BCUT2D eigenvalue weighted by Gasteiger charge is -2.07. The molecule has 1 aromatic rings. The fourth-order valence-electron chi connectivity index (χ4n) is 1.49. The van der Waals surface area contributed by atoms with Gasteiger partial charge < -0.3 is 26.0 Å². The van der Waals surface area contributed by atoms with Crippen molar-refractivity contribution in [3.8, 4) is 0 Å². The average Bonchev–Trinajstić information content (AvgIpc) is 2.98. The number of nitrogens with two attached hydrogens (primary N) is 2. The molecule has 5 N–H and O–H groups in total. The molecule has 0 amide bonds. The first kappa shape index (κ1) is 15.3. The Kier molecular flexibility index (Phi) is 6.70. The van der Waals surface area contributed by atoms with Gasteiger partial charge in [0.05, 0.1) is 23.5 Å². The minimum absolute atomic E-state index is 0.0485. The van der Waals surface area contributed by atoms with Gasteiger partial charge in [-0.3, -0.25) is 0 Å². The molecule has 19 heavy (non-hydrogen) atoms. The fourth-order valence-corrected chi connectivity index (χ4v) is 1.49. The lowest BCUT2D eigenvalue weighted by atomic mass is 10.1. The maximum Gasteiger partial charge on any atom is 0.340 e. The first-order valence-corrected chi connectivity index (χ1v) is 6.16. The second-order valence-corrected chi connectivity index (χ2v) is 3.99. The first-order chi connectivity index (χ1) is 9.16. The van der Waals surface area contributed by atoms with Crippen molar-refractivity contribution in [1.82, 2.24) is 0 Å². The smallest absolute Gasteiger partial charge is 0.340 e. The van der Waals surface area contributed by atoms with Crippen LogP contribution in [0.2, 0.25) is 0 Å². The number of aliphatic hydroxyl groups excluding tert-OH is 1. The third-order valence-corrected chi connectivity index (χ3v) is 2.51. The van der Waals surface area contributed by atoms with Gasteiger partial charge in [0, 0.05) is 13.2 Å². The van der Waals surface area contributed by atoms with Gasteiger partial charge in [-0.05, 0) is 25.0 Å². The van der Waals surface area contributed by atoms with Crippen molar-refractivity contribution < 1.29 is 19.4 Å². The molecule has 1 fully saturated rings. The number of nitrogen functional groups attached to an aromatic ring is 2. The summed E-state index contributed by atoms with van der Waals surface area (Å²) in [7, 11) is 0. The number of carbonyl (C=O) groups excluding carboxylic acids is 1. The van der Waals surface area contributed by atoms with E-state index in [1.54, 1.807) is 12.1 Å². The number of esters is 1. The van der Waals surface area contributed by atoms with E-state index >= 15 is 0 Å². The third-order valence-electron chi connectivity index (χ3n) is 2.51.